The van der Waals surface area contributed by atoms with E-state index in [2.05, 4.69) is 15.4 Å². The van der Waals surface area contributed by atoms with E-state index in [1.165, 1.54) is 11.8 Å². The second-order valence-corrected chi connectivity index (χ2v) is 4.85. The first-order valence-corrected chi connectivity index (χ1v) is 7.24. The summed E-state index contributed by atoms with van der Waals surface area (Å²) >= 11 is 0. The van der Waals surface area contributed by atoms with Gasteiger partial charge in [-0.2, -0.15) is 5.10 Å². The lowest BCUT2D eigenvalue weighted by Crippen LogP contribution is -2.33. The summed E-state index contributed by atoms with van der Waals surface area (Å²) in [6.45, 7) is 2.41. The summed E-state index contributed by atoms with van der Waals surface area (Å²) < 4.78 is 11.7. The van der Waals surface area contributed by atoms with Crippen molar-refractivity contribution in [2.75, 3.05) is 20.3 Å². The molecule has 1 amide bonds. The van der Waals surface area contributed by atoms with Gasteiger partial charge >= 0.3 is 5.97 Å². The summed E-state index contributed by atoms with van der Waals surface area (Å²) in [6, 6.07) is 3.42. The lowest BCUT2D eigenvalue weighted by molar-refractivity contribution is 0.0517. The van der Waals surface area contributed by atoms with E-state index in [1.54, 1.807) is 25.3 Å². The molecule has 3 rings (SSSR count). The lowest BCUT2D eigenvalue weighted by atomic mass is 10.1. The number of aromatic nitrogens is 3. The van der Waals surface area contributed by atoms with Gasteiger partial charge in [0.2, 0.25) is 5.88 Å². The number of esters is 1. The molecular formula is C15H16N4O4. The summed E-state index contributed by atoms with van der Waals surface area (Å²) in [7, 11) is 1.48. The number of fused-ring (bicyclic) bond motifs is 1. The molecule has 3 heterocycles. The van der Waals surface area contributed by atoms with Crippen LogP contribution < -0.4 is 10.1 Å². The molecule has 1 aliphatic heterocycles. The first-order valence-electron chi connectivity index (χ1n) is 7.24. The Morgan fingerprint density at radius 1 is 1.48 bits per heavy atom. The normalized spacial score (nSPS) is 13.2. The molecule has 0 fully saturated rings. The van der Waals surface area contributed by atoms with Crippen LogP contribution in [0.5, 0.6) is 5.88 Å². The van der Waals surface area contributed by atoms with Gasteiger partial charge < -0.3 is 14.8 Å². The maximum atomic E-state index is 12.3. The Morgan fingerprint density at radius 3 is 3.04 bits per heavy atom. The highest BCUT2D eigenvalue weighted by molar-refractivity contribution is 6.00. The maximum Gasteiger partial charge on any atom is 0.359 e. The summed E-state index contributed by atoms with van der Waals surface area (Å²) in [6.07, 6.45) is 2.09. The van der Waals surface area contributed by atoms with E-state index >= 15 is 0 Å². The number of hydrogen-bond donors (Lipinski definition) is 1. The van der Waals surface area contributed by atoms with E-state index in [0.717, 1.165) is 0 Å². The Balaban J connectivity index is 2.21. The monoisotopic (exact) mass is 316 g/mol. The minimum absolute atomic E-state index is 0.155. The predicted octanol–water partition coefficient (Wildman–Crippen LogP) is 0.738. The smallest absolute Gasteiger partial charge is 0.359 e. The van der Waals surface area contributed by atoms with Crippen LogP contribution in [0.25, 0.3) is 5.69 Å². The quantitative estimate of drug-likeness (QED) is 0.836. The second kappa shape index (κ2) is 6.07. The number of amides is 1. The number of rotatable bonds is 4. The molecule has 0 aromatic carbocycles. The SMILES string of the molecule is CCOC(=O)c1nn(-c2cccnc2OC)c2c1CCNC2=O. The molecule has 0 spiro atoms. The topological polar surface area (TPSA) is 95.3 Å². The van der Waals surface area contributed by atoms with Gasteiger partial charge in [-0.3, -0.25) is 4.79 Å². The second-order valence-electron chi connectivity index (χ2n) is 4.85. The summed E-state index contributed by atoms with van der Waals surface area (Å²) in [5, 5.41) is 7.06. The summed E-state index contributed by atoms with van der Waals surface area (Å²) in [5.74, 6) is -0.521. The number of pyridine rings is 1. The average molecular weight is 316 g/mol. The molecule has 2 aromatic rings. The van der Waals surface area contributed by atoms with Crippen LogP contribution in [0.2, 0.25) is 0 Å². The number of hydrogen-bond acceptors (Lipinski definition) is 6. The van der Waals surface area contributed by atoms with Gasteiger partial charge in [-0.15, -0.1) is 0 Å². The Labute approximate surface area is 132 Å². The number of methoxy groups -OCH3 is 1. The maximum absolute atomic E-state index is 12.3. The molecule has 8 nitrogen and oxygen atoms in total. The Morgan fingerprint density at radius 2 is 2.30 bits per heavy atom. The van der Waals surface area contributed by atoms with Gasteiger partial charge in [0, 0.05) is 18.3 Å². The van der Waals surface area contributed by atoms with Crippen molar-refractivity contribution in [2.24, 2.45) is 0 Å². The molecule has 0 aliphatic carbocycles. The predicted molar refractivity (Wildman–Crippen MR) is 79.9 cm³/mol. The molecule has 0 radical (unpaired) electrons. The number of carbonyl (C=O) groups excluding carboxylic acids is 2. The van der Waals surface area contributed by atoms with E-state index < -0.39 is 5.97 Å². The first-order chi connectivity index (χ1) is 11.2. The molecule has 0 saturated carbocycles. The van der Waals surface area contributed by atoms with E-state index in [0.29, 0.717) is 35.8 Å². The molecule has 1 aliphatic rings. The highest BCUT2D eigenvalue weighted by atomic mass is 16.5. The van der Waals surface area contributed by atoms with Crippen LogP contribution in [-0.4, -0.2) is 46.9 Å². The largest absolute Gasteiger partial charge is 0.479 e. The summed E-state index contributed by atoms with van der Waals surface area (Å²) in [4.78, 5) is 28.5. The van der Waals surface area contributed by atoms with Crippen molar-refractivity contribution < 1.29 is 19.1 Å². The molecule has 0 unspecified atom stereocenters. The van der Waals surface area contributed by atoms with Gasteiger partial charge in [-0.25, -0.2) is 14.5 Å². The van der Waals surface area contributed by atoms with Crippen LogP contribution in [0.15, 0.2) is 18.3 Å². The van der Waals surface area contributed by atoms with E-state index in [9.17, 15) is 9.59 Å². The van der Waals surface area contributed by atoms with E-state index in [4.69, 9.17) is 9.47 Å². The van der Waals surface area contributed by atoms with Crippen LogP contribution in [0, 0.1) is 0 Å². The standard InChI is InChI=1S/C15H16N4O4/c1-3-23-15(21)11-9-6-8-16-13(20)12(9)19(18-11)10-5-4-7-17-14(10)22-2/h4-5,7H,3,6,8H2,1-2H3,(H,16,20). The number of ether oxygens (including phenoxy) is 2. The molecule has 0 bridgehead atoms. The molecule has 0 atom stereocenters. The fraction of sp³-hybridized carbons (Fsp3) is 0.333. The van der Waals surface area contributed by atoms with Gasteiger partial charge in [0.05, 0.1) is 13.7 Å². The van der Waals surface area contributed by atoms with Crippen LogP contribution in [-0.2, 0) is 11.2 Å². The molecule has 2 aromatic heterocycles. The van der Waals surface area contributed by atoms with Crippen molar-refractivity contribution in [1.29, 1.82) is 0 Å². The van der Waals surface area contributed by atoms with Crippen molar-refractivity contribution in [3.63, 3.8) is 0 Å². The third-order valence-electron chi connectivity index (χ3n) is 3.50. The fourth-order valence-corrected chi connectivity index (χ4v) is 2.54. The average Bonchev–Trinajstić information content (AvgIpc) is 2.96. The molecule has 1 N–H and O–H groups in total. The Hall–Kier alpha value is -2.90. The van der Waals surface area contributed by atoms with Gasteiger partial charge in [-0.05, 0) is 25.5 Å². The number of carbonyl (C=O) groups is 2. The third-order valence-corrected chi connectivity index (χ3v) is 3.50. The van der Waals surface area contributed by atoms with Gasteiger partial charge in [0.15, 0.2) is 5.69 Å². The highest BCUT2D eigenvalue weighted by Crippen LogP contribution is 2.26. The van der Waals surface area contributed by atoms with Crippen molar-refractivity contribution in [3.8, 4) is 11.6 Å². The van der Waals surface area contributed by atoms with E-state index in [-0.39, 0.29) is 18.2 Å². The fourth-order valence-electron chi connectivity index (χ4n) is 2.54. The molecule has 120 valence electrons. The van der Waals surface area contributed by atoms with Gasteiger partial charge in [-0.1, -0.05) is 0 Å². The van der Waals surface area contributed by atoms with Crippen molar-refractivity contribution in [3.05, 3.63) is 35.3 Å². The Bertz CT molecular complexity index is 769. The molecular weight excluding hydrogens is 300 g/mol. The zero-order chi connectivity index (χ0) is 16.4. The van der Waals surface area contributed by atoms with Crippen molar-refractivity contribution >= 4 is 11.9 Å². The Kier molecular flexibility index (Phi) is 3.96. The lowest BCUT2D eigenvalue weighted by Gasteiger charge is -2.15. The zero-order valence-corrected chi connectivity index (χ0v) is 12.8. The number of nitrogens with zero attached hydrogens (tertiary/aromatic N) is 3. The molecule has 23 heavy (non-hydrogen) atoms. The third kappa shape index (κ3) is 2.52. The van der Waals surface area contributed by atoms with Crippen LogP contribution in [0.3, 0.4) is 0 Å². The number of nitrogens with one attached hydrogen (secondary N) is 1. The van der Waals surface area contributed by atoms with Crippen LogP contribution >= 0.6 is 0 Å². The van der Waals surface area contributed by atoms with E-state index in [1.807, 2.05) is 0 Å². The zero-order valence-electron chi connectivity index (χ0n) is 12.8. The van der Waals surface area contributed by atoms with Crippen LogP contribution in [0.4, 0.5) is 0 Å². The van der Waals surface area contributed by atoms with Crippen molar-refractivity contribution in [1.82, 2.24) is 20.1 Å². The van der Waals surface area contributed by atoms with Crippen LogP contribution in [0.1, 0.15) is 33.5 Å². The molecule has 8 heteroatoms. The highest BCUT2D eigenvalue weighted by Gasteiger charge is 2.31. The van der Waals surface area contributed by atoms with Gasteiger partial charge in [0.1, 0.15) is 11.4 Å². The first kappa shape index (κ1) is 15.0. The summed E-state index contributed by atoms with van der Waals surface area (Å²) in [5.41, 5.74) is 1.53. The minimum Gasteiger partial charge on any atom is -0.479 e. The minimum atomic E-state index is -0.542. The van der Waals surface area contributed by atoms with Crippen molar-refractivity contribution in [2.45, 2.75) is 13.3 Å². The molecule has 0 saturated heterocycles. The van der Waals surface area contributed by atoms with Gasteiger partial charge in [0.25, 0.3) is 5.91 Å².